The number of amides is 1. The summed E-state index contributed by atoms with van der Waals surface area (Å²) < 4.78 is 50.6. The van der Waals surface area contributed by atoms with Gasteiger partial charge in [-0.2, -0.15) is 10.2 Å². The summed E-state index contributed by atoms with van der Waals surface area (Å²) in [6.45, 7) is 0.397. The maximum Gasteiger partial charge on any atom is 0.225 e. The minimum atomic E-state index is -1.22. The van der Waals surface area contributed by atoms with Gasteiger partial charge in [0, 0.05) is 18.6 Å². The molecule has 10 nitrogen and oxygen atoms in total. The molecule has 2 aromatic heterocycles. The van der Waals surface area contributed by atoms with Crippen LogP contribution in [0, 0.1) is 28.9 Å². The van der Waals surface area contributed by atoms with E-state index in [0.717, 1.165) is 12.1 Å². The van der Waals surface area contributed by atoms with Crippen LogP contribution >= 0.6 is 0 Å². The molecule has 194 valence electrons. The summed E-state index contributed by atoms with van der Waals surface area (Å²) >= 11 is 0. The molecule has 0 spiro atoms. The number of nitrogens with two attached hydrogens (primary N) is 1. The molecule has 0 radical (unpaired) electrons. The van der Waals surface area contributed by atoms with Gasteiger partial charge in [0.25, 0.3) is 0 Å². The van der Waals surface area contributed by atoms with Crippen molar-refractivity contribution < 1.29 is 22.7 Å². The first-order valence-electron chi connectivity index (χ1n) is 12.0. The third kappa shape index (κ3) is 5.01. The summed E-state index contributed by atoms with van der Waals surface area (Å²) in [6.07, 6.45) is 2.89. The van der Waals surface area contributed by atoms with Crippen LogP contribution in [0.5, 0.6) is 0 Å². The van der Waals surface area contributed by atoms with Crippen molar-refractivity contribution in [1.29, 1.82) is 5.26 Å². The maximum absolute atomic E-state index is 14.7. The SMILES string of the molecule is N#Cc1cc(F)c(Nc2nc3cnc(NC4CCOC[C@H]4F)nc3n2C2CCC(C(N)=O)CC2)c(F)c1. The number of imidazole rings is 1. The Kier molecular flexibility index (Phi) is 6.84. The van der Waals surface area contributed by atoms with E-state index in [1.807, 2.05) is 0 Å². The van der Waals surface area contributed by atoms with Crippen molar-refractivity contribution in [2.45, 2.75) is 50.4 Å². The molecule has 3 aromatic rings. The normalized spacial score (nSPS) is 23.9. The van der Waals surface area contributed by atoms with Gasteiger partial charge in [0.15, 0.2) is 17.3 Å². The van der Waals surface area contributed by atoms with Crippen molar-refractivity contribution in [2.24, 2.45) is 11.7 Å². The Balaban J connectivity index is 1.53. The Morgan fingerprint density at radius 3 is 2.54 bits per heavy atom. The summed E-state index contributed by atoms with van der Waals surface area (Å²) in [5.41, 5.74) is 5.62. The minimum absolute atomic E-state index is 0.0171. The van der Waals surface area contributed by atoms with Crippen LogP contribution in [0.2, 0.25) is 0 Å². The van der Waals surface area contributed by atoms with Crippen molar-refractivity contribution >= 4 is 34.7 Å². The lowest BCUT2D eigenvalue weighted by Crippen LogP contribution is -2.39. The van der Waals surface area contributed by atoms with Crippen LogP contribution in [0.25, 0.3) is 11.2 Å². The summed E-state index contributed by atoms with van der Waals surface area (Å²) in [5, 5.41) is 14.7. The van der Waals surface area contributed by atoms with Crippen LogP contribution < -0.4 is 16.4 Å². The smallest absolute Gasteiger partial charge is 0.225 e. The molecular formula is C24H25F3N8O2. The van der Waals surface area contributed by atoms with Crippen molar-refractivity contribution in [1.82, 2.24) is 19.5 Å². The zero-order chi connectivity index (χ0) is 26.1. The topological polar surface area (TPSA) is 144 Å². The average molecular weight is 515 g/mol. The molecule has 1 aliphatic heterocycles. The number of nitriles is 1. The highest BCUT2D eigenvalue weighted by atomic mass is 19.1. The van der Waals surface area contributed by atoms with Crippen LogP contribution in [0.3, 0.4) is 0 Å². The molecule has 1 saturated carbocycles. The van der Waals surface area contributed by atoms with E-state index in [9.17, 15) is 18.0 Å². The highest BCUT2D eigenvalue weighted by Crippen LogP contribution is 2.37. The zero-order valence-corrected chi connectivity index (χ0v) is 19.8. The number of anilines is 3. The van der Waals surface area contributed by atoms with Gasteiger partial charge >= 0.3 is 0 Å². The second-order valence-electron chi connectivity index (χ2n) is 9.30. The lowest BCUT2D eigenvalue weighted by Gasteiger charge is -2.29. The molecule has 1 aromatic carbocycles. The van der Waals surface area contributed by atoms with Crippen molar-refractivity contribution in [3.63, 3.8) is 0 Å². The minimum Gasteiger partial charge on any atom is -0.378 e. The van der Waals surface area contributed by atoms with E-state index in [4.69, 9.17) is 15.7 Å². The number of ether oxygens (including phenoxy) is 1. The Labute approximate surface area is 210 Å². The Morgan fingerprint density at radius 1 is 1.16 bits per heavy atom. The number of fused-ring (bicyclic) bond motifs is 1. The number of primary amides is 1. The second-order valence-corrected chi connectivity index (χ2v) is 9.30. The molecule has 13 heteroatoms. The second kappa shape index (κ2) is 10.2. The lowest BCUT2D eigenvalue weighted by atomic mass is 9.85. The Bertz CT molecular complexity index is 1340. The highest BCUT2D eigenvalue weighted by Gasteiger charge is 2.30. The van der Waals surface area contributed by atoms with E-state index >= 15 is 0 Å². The van der Waals surface area contributed by atoms with Gasteiger partial charge in [-0.3, -0.25) is 9.36 Å². The molecule has 2 fully saturated rings. The van der Waals surface area contributed by atoms with Gasteiger partial charge in [0.05, 0.1) is 30.5 Å². The molecule has 0 bridgehead atoms. The summed E-state index contributed by atoms with van der Waals surface area (Å²) in [6, 6.07) is 2.85. The predicted octanol–water partition coefficient (Wildman–Crippen LogP) is 3.48. The number of benzene rings is 1. The molecule has 2 atom stereocenters. The molecule has 5 rings (SSSR count). The largest absolute Gasteiger partial charge is 0.378 e. The first-order valence-corrected chi connectivity index (χ1v) is 12.0. The molecule has 4 N–H and O–H groups in total. The maximum atomic E-state index is 14.7. The van der Waals surface area contributed by atoms with E-state index in [1.54, 1.807) is 10.6 Å². The number of aromatic nitrogens is 4. The molecular weight excluding hydrogens is 489 g/mol. The van der Waals surface area contributed by atoms with Gasteiger partial charge in [0.2, 0.25) is 17.8 Å². The predicted molar refractivity (Wildman–Crippen MR) is 128 cm³/mol. The van der Waals surface area contributed by atoms with Gasteiger partial charge in [0.1, 0.15) is 17.4 Å². The summed E-state index contributed by atoms with van der Waals surface area (Å²) in [4.78, 5) is 25.0. The van der Waals surface area contributed by atoms with E-state index < -0.39 is 29.5 Å². The zero-order valence-electron chi connectivity index (χ0n) is 19.8. The average Bonchev–Trinajstić information content (AvgIpc) is 3.24. The first kappa shape index (κ1) is 24.8. The van der Waals surface area contributed by atoms with Crippen LogP contribution in [0.15, 0.2) is 18.3 Å². The van der Waals surface area contributed by atoms with Crippen molar-refractivity contribution in [3.05, 3.63) is 35.5 Å². The van der Waals surface area contributed by atoms with Crippen molar-refractivity contribution in [2.75, 3.05) is 23.8 Å². The number of alkyl halides is 1. The van der Waals surface area contributed by atoms with E-state index in [1.165, 1.54) is 6.20 Å². The van der Waals surface area contributed by atoms with Crippen LogP contribution in [-0.4, -0.2) is 50.9 Å². The number of nitrogens with one attached hydrogen (secondary N) is 2. The fourth-order valence-electron chi connectivity index (χ4n) is 4.91. The molecule has 1 saturated heterocycles. The van der Waals surface area contributed by atoms with Gasteiger partial charge in [-0.15, -0.1) is 0 Å². The fourth-order valence-corrected chi connectivity index (χ4v) is 4.91. The van der Waals surface area contributed by atoms with Gasteiger partial charge < -0.3 is 21.1 Å². The molecule has 2 aliphatic rings. The standard InChI is InChI=1S/C24H25F3N8O2/c25-15-7-12(9-28)8-16(26)20(15)33-24-32-19-10-30-23(31-18-5-6-37-11-17(18)27)34-22(19)35(24)14-3-1-13(2-4-14)21(29)36/h7-8,10,13-14,17-18H,1-6,11H2,(H2,29,36)(H,32,33)(H,30,31,34)/t13?,14?,17-,18?/m1/s1. The number of hydrogen-bond acceptors (Lipinski definition) is 8. The number of carbonyl (C=O) groups is 1. The number of halogens is 3. The first-order chi connectivity index (χ1) is 17.8. The van der Waals surface area contributed by atoms with E-state index in [0.29, 0.717) is 49.9 Å². The van der Waals surface area contributed by atoms with Crippen LogP contribution in [0.1, 0.15) is 43.7 Å². The molecule has 3 heterocycles. The molecule has 1 amide bonds. The molecule has 37 heavy (non-hydrogen) atoms. The van der Waals surface area contributed by atoms with Gasteiger partial charge in [-0.1, -0.05) is 0 Å². The number of rotatable bonds is 6. The Morgan fingerprint density at radius 2 is 1.89 bits per heavy atom. The Hall–Kier alpha value is -3.92. The summed E-state index contributed by atoms with van der Waals surface area (Å²) in [7, 11) is 0. The quantitative estimate of drug-likeness (QED) is 0.454. The fraction of sp³-hybridized carbons (Fsp3) is 0.458. The highest BCUT2D eigenvalue weighted by molar-refractivity contribution is 5.78. The third-order valence-corrected chi connectivity index (χ3v) is 6.91. The van der Waals surface area contributed by atoms with Gasteiger partial charge in [-0.05, 0) is 44.2 Å². The van der Waals surface area contributed by atoms with E-state index in [-0.39, 0.29) is 41.9 Å². The summed E-state index contributed by atoms with van der Waals surface area (Å²) in [5.74, 6) is -2.20. The van der Waals surface area contributed by atoms with Crippen LogP contribution in [-0.2, 0) is 9.53 Å². The number of nitrogens with zero attached hydrogens (tertiary/aromatic N) is 5. The van der Waals surface area contributed by atoms with Crippen LogP contribution in [0.4, 0.5) is 30.8 Å². The molecule has 1 unspecified atom stereocenters. The van der Waals surface area contributed by atoms with E-state index in [2.05, 4.69) is 25.6 Å². The number of carbonyl (C=O) groups excluding carboxylic acids is 1. The molecule has 1 aliphatic carbocycles. The monoisotopic (exact) mass is 514 g/mol. The third-order valence-electron chi connectivity index (χ3n) is 6.91. The number of hydrogen-bond donors (Lipinski definition) is 3. The van der Waals surface area contributed by atoms with Gasteiger partial charge in [-0.25, -0.2) is 23.1 Å². The van der Waals surface area contributed by atoms with Crippen molar-refractivity contribution in [3.8, 4) is 6.07 Å². The lowest BCUT2D eigenvalue weighted by molar-refractivity contribution is -0.122.